The number of nitroso groups, excluding NO2 is 1. The van der Waals surface area contributed by atoms with Crippen molar-refractivity contribution in [3.05, 3.63) is 21.8 Å². The van der Waals surface area contributed by atoms with Gasteiger partial charge >= 0.3 is 5.82 Å². The summed E-state index contributed by atoms with van der Waals surface area (Å²) in [6, 6.07) is 0. The molecule has 0 fully saturated rings. The molecule has 21 heavy (non-hydrogen) atoms. The molecular weight excluding hydrogens is 286 g/mol. The normalized spacial score (nSPS) is 11.5. The molecule has 0 saturated heterocycles. The molecule has 11 nitrogen and oxygen atoms in total. The molecule has 3 rings (SSSR count). The van der Waals surface area contributed by atoms with Gasteiger partial charge in [0.15, 0.2) is 0 Å². The minimum atomic E-state index is -0.813. The molecule has 0 unspecified atom stereocenters. The van der Waals surface area contributed by atoms with Crippen molar-refractivity contribution in [1.82, 2.24) is 9.46 Å². The monoisotopic (exact) mass is 296 g/mol. The van der Waals surface area contributed by atoms with Crippen LogP contribution in [0.3, 0.4) is 0 Å². The molecule has 4 N–H and O–H groups in total. The molecule has 0 bridgehead atoms. The lowest BCUT2D eigenvalue weighted by Gasteiger charge is -2.01. The smallest absolute Gasteiger partial charge is 0.333 e. The fourth-order valence-corrected chi connectivity index (χ4v) is 2.38. The van der Waals surface area contributed by atoms with Gasteiger partial charge in [-0.25, -0.2) is 4.73 Å². The van der Waals surface area contributed by atoms with Crippen molar-refractivity contribution < 1.29 is 30.2 Å². The van der Waals surface area contributed by atoms with Gasteiger partial charge in [-0.05, 0) is 19.4 Å². The SMILES string of the molecule is Cc1n(O)c2c3c(c(N=O)c(O)c2[n+]1[O-])[n+](O)c(C)n3O. The van der Waals surface area contributed by atoms with Crippen molar-refractivity contribution in [1.29, 1.82) is 0 Å². The number of benzene rings is 1. The van der Waals surface area contributed by atoms with Crippen LogP contribution in [0.25, 0.3) is 22.1 Å². The van der Waals surface area contributed by atoms with E-state index in [9.17, 15) is 30.8 Å². The second kappa shape index (κ2) is 3.65. The van der Waals surface area contributed by atoms with Gasteiger partial charge in [0.05, 0.1) is 0 Å². The Bertz CT molecular complexity index is 940. The van der Waals surface area contributed by atoms with E-state index >= 15 is 0 Å². The standard InChI is InChI=1S/C10H9N5O6/c1-3-12(18)6-5(11-17)10(16)9-8(7(6)13(3)19)14(20)4(2)15(9)21/h20H,1-2H3,(H2-,16,17,18,19)/p+1. The number of phenolic OH excluding ortho intramolecular Hbond substituents is 1. The van der Waals surface area contributed by atoms with Crippen molar-refractivity contribution in [3.8, 4) is 5.75 Å². The number of imidazole rings is 2. The zero-order valence-corrected chi connectivity index (χ0v) is 10.8. The third-order valence-electron chi connectivity index (χ3n) is 3.49. The van der Waals surface area contributed by atoms with Crippen molar-refractivity contribution in [2.24, 2.45) is 5.18 Å². The minimum Gasteiger partial charge on any atom is -0.710 e. The molecule has 2 aromatic heterocycles. The number of aromatic hydroxyl groups is 1. The molecule has 2 heterocycles. The van der Waals surface area contributed by atoms with Crippen LogP contribution in [0.1, 0.15) is 11.6 Å². The number of hydrogen-bond acceptors (Lipinski definition) is 7. The third kappa shape index (κ3) is 1.22. The molecule has 0 spiro atoms. The average Bonchev–Trinajstić information content (AvgIpc) is 2.81. The van der Waals surface area contributed by atoms with Gasteiger partial charge < -0.3 is 25.9 Å². The van der Waals surface area contributed by atoms with Crippen LogP contribution < -0.4 is 9.46 Å². The maximum absolute atomic E-state index is 12.0. The van der Waals surface area contributed by atoms with Crippen molar-refractivity contribution in [3.63, 3.8) is 0 Å². The maximum atomic E-state index is 12.0. The summed E-state index contributed by atoms with van der Waals surface area (Å²) in [6.45, 7) is 2.57. The van der Waals surface area contributed by atoms with Crippen LogP contribution in [-0.4, -0.2) is 30.2 Å². The Labute approximate surface area is 115 Å². The Morgan fingerprint density at radius 1 is 1.10 bits per heavy atom. The zero-order chi connectivity index (χ0) is 15.6. The van der Waals surface area contributed by atoms with Crippen LogP contribution in [0.15, 0.2) is 5.18 Å². The molecule has 0 amide bonds. The molecule has 0 saturated carbocycles. The average molecular weight is 296 g/mol. The molecule has 3 aromatic rings. The first-order chi connectivity index (χ1) is 9.82. The molecule has 11 heteroatoms. The van der Waals surface area contributed by atoms with Gasteiger partial charge in [-0.3, -0.25) is 0 Å². The van der Waals surface area contributed by atoms with E-state index in [1.807, 2.05) is 0 Å². The van der Waals surface area contributed by atoms with Crippen LogP contribution in [0, 0.1) is 24.0 Å². The molecule has 1 aromatic carbocycles. The summed E-state index contributed by atoms with van der Waals surface area (Å²) in [7, 11) is 0. The highest BCUT2D eigenvalue weighted by Crippen LogP contribution is 2.40. The Morgan fingerprint density at radius 3 is 2.19 bits per heavy atom. The fraction of sp³-hybridized carbons (Fsp3) is 0.200. The highest BCUT2D eigenvalue weighted by molar-refractivity contribution is 6.08. The van der Waals surface area contributed by atoms with E-state index in [-0.39, 0.29) is 32.9 Å². The van der Waals surface area contributed by atoms with E-state index in [0.717, 1.165) is 0 Å². The molecule has 0 radical (unpaired) electrons. The van der Waals surface area contributed by atoms with E-state index in [1.54, 1.807) is 0 Å². The van der Waals surface area contributed by atoms with Crippen LogP contribution in [0.2, 0.25) is 0 Å². The quantitative estimate of drug-likeness (QED) is 0.214. The van der Waals surface area contributed by atoms with Crippen molar-refractivity contribution >= 4 is 27.8 Å². The van der Waals surface area contributed by atoms with E-state index in [1.165, 1.54) is 13.8 Å². The lowest BCUT2D eigenvalue weighted by molar-refractivity contribution is -0.889. The predicted molar refractivity (Wildman–Crippen MR) is 64.7 cm³/mol. The number of phenols is 1. The minimum absolute atomic E-state index is 0.127. The van der Waals surface area contributed by atoms with E-state index in [2.05, 4.69) is 5.18 Å². The highest BCUT2D eigenvalue weighted by atomic mass is 16.5. The Kier molecular flexibility index (Phi) is 2.22. The van der Waals surface area contributed by atoms with Gasteiger partial charge in [0.1, 0.15) is 0 Å². The summed E-state index contributed by atoms with van der Waals surface area (Å²) in [5.74, 6) is -1.15. The van der Waals surface area contributed by atoms with Gasteiger partial charge in [-0.1, -0.05) is 0 Å². The Morgan fingerprint density at radius 2 is 1.62 bits per heavy atom. The summed E-state index contributed by atoms with van der Waals surface area (Å²) in [6.07, 6.45) is 0. The summed E-state index contributed by atoms with van der Waals surface area (Å²) in [5.41, 5.74) is -1.96. The van der Waals surface area contributed by atoms with Crippen LogP contribution in [0.4, 0.5) is 5.69 Å². The summed E-state index contributed by atoms with van der Waals surface area (Å²) in [4.78, 5) is 11.0. The Balaban J connectivity index is 2.83. The van der Waals surface area contributed by atoms with Gasteiger partial charge in [0.2, 0.25) is 17.0 Å². The zero-order valence-electron chi connectivity index (χ0n) is 10.8. The lowest BCUT2D eigenvalue weighted by Crippen LogP contribution is -2.32. The van der Waals surface area contributed by atoms with E-state index < -0.39 is 17.0 Å². The fourth-order valence-electron chi connectivity index (χ4n) is 2.38. The number of rotatable bonds is 1. The first-order valence-electron chi connectivity index (χ1n) is 5.70. The largest absolute Gasteiger partial charge is 0.710 e. The number of hydrogen-bond donors (Lipinski definition) is 4. The predicted octanol–water partition coefficient (Wildman–Crippen LogP) is -0.0509. The number of nitrogens with zero attached hydrogens (tertiary/aromatic N) is 5. The number of fused-ring (bicyclic) bond motifs is 3. The van der Waals surface area contributed by atoms with Gasteiger partial charge in [0, 0.05) is 13.8 Å². The van der Waals surface area contributed by atoms with Crippen LogP contribution in [0.5, 0.6) is 5.75 Å². The summed E-state index contributed by atoms with van der Waals surface area (Å²) >= 11 is 0. The molecule has 0 aliphatic heterocycles. The highest BCUT2D eigenvalue weighted by Gasteiger charge is 2.38. The maximum Gasteiger partial charge on any atom is 0.333 e. The molecular formula is C10H10N5O6+. The second-order valence-electron chi connectivity index (χ2n) is 4.51. The van der Waals surface area contributed by atoms with Crippen molar-refractivity contribution in [2.45, 2.75) is 13.8 Å². The molecule has 0 aliphatic carbocycles. The summed E-state index contributed by atoms with van der Waals surface area (Å²) < 4.78 is 1.51. The first kappa shape index (κ1) is 12.8. The second-order valence-corrected chi connectivity index (χ2v) is 4.51. The van der Waals surface area contributed by atoms with Gasteiger partial charge in [-0.2, -0.15) is 0 Å². The third-order valence-corrected chi connectivity index (χ3v) is 3.49. The molecule has 110 valence electrons. The van der Waals surface area contributed by atoms with Gasteiger partial charge in [0.25, 0.3) is 22.4 Å². The summed E-state index contributed by atoms with van der Waals surface area (Å²) in [5, 5.41) is 54.4. The lowest BCUT2D eigenvalue weighted by atomic mass is 10.2. The van der Waals surface area contributed by atoms with Crippen molar-refractivity contribution in [2.75, 3.05) is 0 Å². The topological polar surface area (TPSA) is 151 Å². The Hall–Kier alpha value is -3.24. The van der Waals surface area contributed by atoms with Crippen LogP contribution >= 0.6 is 0 Å². The van der Waals surface area contributed by atoms with Gasteiger partial charge in [-0.15, -0.1) is 4.91 Å². The molecule has 0 aliphatic rings. The van der Waals surface area contributed by atoms with E-state index in [0.29, 0.717) is 14.2 Å². The van der Waals surface area contributed by atoms with E-state index in [4.69, 9.17) is 0 Å². The van der Waals surface area contributed by atoms with Crippen LogP contribution in [-0.2, 0) is 0 Å². The number of aromatic nitrogens is 4. The molecule has 0 atom stereocenters. The first-order valence-corrected chi connectivity index (χ1v) is 5.70.